The topological polar surface area (TPSA) is 26.0 Å². The maximum absolute atomic E-state index is 6.10. The lowest BCUT2D eigenvalue weighted by atomic mass is 10.1. The van der Waals surface area contributed by atoms with Crippen LogP contribution in [0.5, 0.6) is 0 Å². The van der Waals surface area contributed by atoms with Gasteiger partial charge in [-0.1, -0.05) is 41.9 Å². The number of hydrogen-bond acceptors (Lipinski definition) is 2. The molecule has 0 aliphatic heterocycles. The van der Waals surface area contributed by atoms with Crippen LogP contribution in [0.15, 0.2) is 28.7 Å². The standard InChI is InChI=1S/C14H22BrNS/c1-10(2)7-8-17-14(11(3)16)12-5-4-6-13(15)9-12/h4-6,9-11,14H,7-8,16H2,1-3H3. The summed E-state index contributed by atoms with van der Waals surface area (Å²) in [4.78, 5) is 0. The second-order valence-electron chi connectivity index (χ2n) is 4.89. The minimum absolute atomic E-state index is 0.182. The summed E-state index contributed by atoms with van der Waals surface area (Å²) in [6, 6.07) is 8.66. The Hall–Kier alpha value is 0.01000. The van der Waals surface area contributed by atoms with Crippen molar-refractivity contribution in [1.82, 2.24) is 0 Å². The number of halogens is 1. The van der Waals surface area contributed by atoms with E-state index >= 15 is 0 Å². The van der Waals surface area contributed by atoms with Gasteiger partial charge in [0.15, 0.2) is 0 Å². The molecule has 2 N–H and O–H groups in total. The minimum atomic E-state index is 0.182. The normalized spacial score (nSPS) is 14.9. The van der Waals surface area contributed by atoms with Gasteiger partial charge in [-0.3, -0.25) is 0 Å². The van der Waals surface area contributed by atoms with Crippen molar-refractivity contribution in [2.24, 2.45) is 11.7 Å². The highest BCUT2D eigenvalue weighted by Crippen LogP contribution is 2.33. The zero-order valence-electron chi connectivity index (χ0n) is 10.8. The molecular weight excluding hydrogens is 294 g/mol. The zero-order chi connectivity index (χ0) is 12.8. The van der Waals surface area contributed by atoms with Gasteiger partial charge >= 0.3 is 0 Å². The summed E-state index contributed by atoms with van der Waals surface area (Å²) < 4.78 is 1.13. The third-order valence-corrected chi connectivity index (χ3v) is 4.67. The summed E-state index contributed by atoms with van der Waals surface area (Å²) in [6.07, 6.45) is 1.25. The van der Waals surface area contributed by atoms with Crippen molar-refractivity contribution in [3.8, 4) is 0 Å². The molecule has 17 heavy (non-hydrogen) atoms. The summed E-state index contributed by atoms with van der Waals surface area (Å²) in [5.74, 6) is 1.94. The van der Waals surface area contributed by atoms with Gasteiger partial charge in [0.25, 0.3) is 0 Å². The van der Waals surface area contributed by atoms with Crippen LogP contribution in [0.2, 0.25) is 0 Å². The van der Waals surface area contributed by atoms with E-state index in [2.05, 4.69) is 61.0 Å². The highest BCUT2D eigenvalue weighted by molar-refractivity contribution is 9.10. The van der Waals surface area contributed by atoms with Crippen molar-refractivity contribution in [2.75, 3.05) is 5.75 Å². The molecule has 2 atom stereocenters. The Kier molecular flexibility index (Phi) is 6.60. The highest BCUT2D eigenvalue weighted by atomic mass is 79.9. The fourth-order valence-corrected chi connectivity index (χ4v) is 3.59. The van der Waals surface area contributed by atoms with Crippen LogP contribution < -0.4 is 5.73 Å². The maximum atomic E-state index is 6.10. The molecule has 0 bridgehead atoms. The van der Waals surface area contributed by atoms with E-state index in [-0.39, 0.29) is 6.04 Å². The lowest BCUT2D eigenvalue weighted by molar-refractivity contribution is 0.629. The van der Waals surface area contributed by atoms with Crippen LogP contribution in [0.4, 0.5) is 0 Å². The third-order valence-electron chi connectivity index (χ3n) is 2.65. The Morgan fingerprint density at radius 1 is 1.29 bits per heavy atom. The van der Waals surface area contributed by atoms with E-state index in [0.717, 1.165) is 10.4 Å². The molecule has 1 aromatic carbocycles. The third kappa shape index (κ3) is 5.45. The molecule has 0 aliphatic rings. The molecule has 0 saturated carbocycles. The molecule has 0 heterocycles. The van der Waals surface area contributed by atoms with Crippen molar-refractivity contribution < 1.29 is 0 Å². The molecule has 1 rings (SSSR count). The first kappa shape index (κ1) is 15.1. The molecule has 0 spiro atoms. The van der Waals surface area contributed by atoms with Crippen molar-refractivity contribution >= 4 is 27.7 Å². The van der Waals surface area contributed by atoms with E-state index in [1.54, 1.807) is 0 Å². The number of hydrogen-bond donors (Lipinski definition) is 1. The van der Waals surface area contributed by atoms with E-state index < -0.39 is 0 Å². The quantitative estimate of drug-likeness (QED) is 0.829. The number of nitrogens with two attached hydrogens (primary N) is 1. The van der Waals surface area contributed by atoms with Gasteiger partial charge in [0.1, 0.15) is 0 Å². The second kappa shape index (κ2) is 7.45. The van der Waals surface area contributed by atoms with E-state index in [9.17, 15) is 0 Å². The summed E-state index contributed by atoms with van der Waals surface area (Å²) in [6.45, 7) is 6.62. The second-order valence-corrected chi connectivity index (χ2v) is 7.05. The summed E-state index contributed by atoms with van der Waals surface area (Å²) in [5.41, 5.74) is 7.42. The van der Waals surface area contributed by atoms with Crippen LogP contribution in [0.25, 0.3) is 0 Å². The lowest BCUT2D eigenvalue weighted by Gasteiger charge is -2.21. The molecule has 0 radical (unpaired) electrons. The SMILES string of the molecule is CC(C)CCSC(c1cccc(Br)c1)C(C)N. The minimum Gasteiger partial charge on any atom is -0.327 e. The van der Waals surface area contributed by atoms with Gasteiger partial charge in [-0.15, -0.1) is 0 Å². The largest absolute Gasteiger partial charge is 0.327 e. The maximum Gasteiger partial charge on any atom is 0.0446 e. The zero-order valence-corrected chi connectivity index (χ0v) is 13.2. The molecule has 3 heteroatoms. The van der Waals surface area contributed by atoms with Crippen LogP contribution in [-0.2, 0) is 0 Å². The summed E-state index contributed by atoms with van der Waals surface area (Å²) >= 11 is 5.49. The van der Waals surface area contributed by atoms with Crippen molar-refractivity contribution in [3.63, 3.8) is 0 Å². The summed E-state index contributed by atoms with van der Waals surface area (Å²) in [7, 11) is 0. The molecular formula is C14H22BrNS. The average Bonchev–Trinajstić information content (AvgIpc) is 2.23. The molecule has 0 fully saturated rings. The Morgan fingerprint density at radius 2 is 2.00 bits per heavy atom. The van der Waals surface area contributed by atoms with Gasteiger partial charge in [-0.25, -0.2) is 0 Å². The molecule has 0 amide bonds. The summed E-state index contributed by atoms with van der Waals surface area (Å²) in [5, 5.41) is 0.395. The number of thioether (sulfide) groups is 1. The molecule has 2 unspecified atom stereocenters. The fraction of sp³-hybridized carbons (Fsp3) is 0.571. The van der Waals surface area contributed by atoms with Crippen LogP contribution in [-0.4, -0.2) is 11.8 Å². The van der Waals surface area contributed by atoms with E-state index in [1.165, 1.54) is 17.7 Å². The van der Waals surface area contributed by atoms with E-state index in [0.29, 0.717) is 5.25 Å². The first-order valence-electron chi connectivity index (χ1n) is 6.13. The molecule has 1 aromatic rings. The van der Waals surface area contributed by atoms with E-state index in [4.69, 9.17) is 5.73 Å². The first-order chi connectivity index (χ1) is 8.00. The van der Waals surface area contributed by atoms with Crippen molar-refractivity contribution in [2.45, 2.75) is 38.5 Å². The van der Waals surface area contributed by atoms with Crippen molar-refractivity contribution in [3.05, 3.63) is 34.3 Å². The molecule has 0 aromatic heterocycles. The molecule has 0 saturated heterocycles. The molecule has 0 aliphatic carbocycles. The first-order valence-corrected chi connectivity index (χ1v) is 7.97. The molecule has 1 nitrogen and oxygen atoms in total. The van der Waals surface area contributed by atoms with Crippen LogP contribution in [0.3, 0.4) is 0 Å². The Morgan fingerprint density at radius 3 is 2.53 bits per heavy atom. The van der Waals surface area contributed by atoms with E-state index in [1.807, 2.05) is 11.8 Å². The van der Waals surface area contributed by atoms with Gasteiger partial charge in [0, 0.05) is 15.8 Å². The van der Waals surface area contributed by atoms with Crippen LogP contribution >= 0.6 is 27.7 Å². The van der Waals surface area contributed by atoms with Gasteiger partial charge < -0.3 is 5.73 Å². The Bertz CT molecular complexity index is 339. The Labute approximate surface area is 118 Å². The van der Waals surface area contributed by atoms with Gasteiger partial charge in [0.05, 0.1) is 0 Å². The van der Waals surface area contributed by atoms with Gasteiger partial charge in [-0.05, 0) is 42.7 Å². The monoisotopic (exact) mass is 315 g/mol. The number of rotatable bonds is 6. The molecule has 96 valence electrons. The van der Waals surface area contributed by atoms with Crippen LogP contribution in [0.1, 0.15) is 38.0 Å². The number of benzene rings is 1. The van der Waals surface area contributed by atoms with Gasteiger partial charge in [-0.2, -0.15) is 11.8 Å². The predicted molar refractivity (Wildman–Crippen MR) is 82.4 cm³/mol. The smallest absolute Gasteiger partial charge is 0.0446 e. The van der Waals surface area contributed by atoms with Crippen molar-refractivity contribution in [1.29, 1.82) is 0 Å². The lowest BCUT2D eigenvalue weighted by Crippen LogP contribution is -2.23. The highest BCUT2D eigenvalue weighted by Gasteiger charge is 2.16. The van der Waals surface area contributed by atoms with Crippen LogP contribution in [0, 0.1) is 5.92 Å². The predicted octanol–water partition coefficient (Wildman–Crippen LogP) is 4.62. The van der Waals surface area contributed by atoms with Gasteiger partial charge in [0.2, 0.25) is 0 Å². The average molecular weight is 316 g/mol. The fourth-order valence-electron chi connectivity index (χ4n) is 1.67. The Balaban J connectivity index is 2.66.